The standard InChI is InChI=1S/C16H23N3/c1-4-13-7-5-6-8-14(13)15(17-2)9-10-16-18-11-12-19(16)3/h5-8,11-12,15,17H,4,9-10H2,1-3H3. The third-order valence-electron chi connectivity index (χ3n) is 3.74. The number of imidazole rings is 1. The monoisotopic (exact) mass is 257 g/mol. The minimum absolute atomic E-state index is 0.396. The molecule has 0 aliphatic rings. The number of hydrogen-bond donors (Lipinski definition) is 1. The second-order valence-electron chi connectivity index (χ2n) is 4.89. The van der Waals surface area contributed by atoms with Crippen LogP contribution in [0.3, 0.4) is 0 Å². The molecule has 1 N–H and O–H groups in total. The highest BCUT2D eigenvalue weighted by Gasteiger charge is 2.13. The van der Waals surface area contributed by atoms with Crippen molar-refractivity contribution in [1.29, 1.82) is 0 Å². The van der Waals surface area contributed by atoms with Crippen LogP contribution in [0.25, 0.3) is 0 Å². The average molecular weight is 257 g/mol. The van der Waals surface area contributed by atoms with Crippen molar-refractivity contribution in [1.82, 2.24) is 14.9 Å². The zero-order valence-electron chi connectivity index (χ0n) is 12.1. The van der Waals surface area contributed by atoms with Crippen LogP contribution in [0.15, 0.2) is 36.7 Å². The van der Waals surface area contributed by atoms with Gasteiger partial charge in [-0.3, -0.25) is 0 Å². The van der Waals surface area contributed by atoms with Crippen molar-refractivity contribution < 1.29 is 0 Å². The maximum Gasteiger partial charge on any atom is 0.108 e. The second-order valence-corrected chi connectivity index (χ2v) is 4.89. The van der Waals surface area contributed by atoms with Crippen molar-refractivity contribution >= 4 is 0 Å². The SMILES string of the molecule is CCc1ccccc1C(CCc1nccn1C)NC. The Morgan fingerprint density at radius 3 is 2.74 bits per heavy atom. The predicted octanol–water partition coefficient (Wildman–Crippen LogP) is 2.88. The zero-order valence-corrected chi connectivity index (χ0v) is 12.1. The van der Waals surface area contributed by atoms with Crippen LogP contribution in [0.2, 0.25) is 0 Å². The molecule has 1 atom stereocenters. The quantitative estimate of drug-likeness (QED) is 0.862. The lowest BCUT2D eigenvalue weighted by Crippen LogP contribution is -2.19. The van der Waals surface area contributed by atoms with Gasteiger partial charge in [0.05, 0.1) is 0 Å². The molecule has 0 bridgehead atoms. The van der Waals surface area contributed by atoms with Gasteiger partial charge < -0.3 is 9.88 Å². The molecule has 1 unspecified atom stereocenters. The molecule has 0 aliphatic carbocycles. The first kappa shape index (κ1) is 13.8. The lowest BCUT2D eigenvalue weighted by Gasteiger charge is -2.19. The Kier molecular flexibility index (Phi) is 4.74. The van der Waals surface area contributed by atoms with Gasteiger partial charge in [-0.15, -0.1) is 0 Å². The Morgan fingerprint density at radius 2 is 2.11 bits per heavy atom. The van der Waals surface area contributed by atoms with Crippen molar-refractivity contribution in [2.75, 3.05) is 7.05 Å². The maximum atomic E-state index is 4.39. The highest BCUT2D eigenvalue weighted by molar-refractivity contribution is 5.30. The number of nitrogens with one attached hydrogen (secondary N) is 1. The summed E-state index contributed by atoms with van der Waals surface area (Å²) in [6.45, 7) is 2.21. The molecule has 3 nitrogen and oxygen atoms in total. The molecule has 1 heterocycles. The van der Waals surface area contributed by atoms with E-state index in [2.05, 4.69) is 53.1 Å². The molecule has 102 valence electrons. The summed E-state index contributed by atoms with van der Waals surface area (Å²) in [5.74, 6) is 1.15. The molecule has 0 aliphatic heterocycles. The summed E-state index contributed by atoms with van der Waals surface area (Å²) in [4.78, 5) is 4.39. The zero-order chi connectivity index (χ0) is 13.7. The van der Waals surface area contributed by atoms with Crippen LogP contribution in [0.1, 0.15) is 36.3 Å². The van der Waals surface area contributed by atoms with E-state index in [9.17, 15) is 0 Å². The molecule has 19 heavy (non-hydrogen) atoms. The molecule has 0 spiro atoms. The fourth-order valence-corrected chi connectivity index (χ4v) is 2.56. The van der Waals surface area contributed by atoms with Crippen LogP contribution in [0.5, 0.6) is 0 Å². The first-order valence-corrected chi connectivity index (χ1v) is 6.97. The summed E-state index contributed by atoms with van der Waals surface area (Å²) in [6.07, 6.45) is 7.01. The summed E-state index contributed by atoms with van der Waals surface area (Å²) >= 11 is 0. The van der Waals surface area contributed by atoms with Gasteiger partial charge in [0.25, 0.3) is 0 Å². The smallest absolute Gasteiger partial charge is 0.108 e. The van der Waals surface area contributed by atoms with Gasteiger partial charge in [-0.25, -0.2) is 4.98 Å². The highest BCUT2D eigenvalue weighted by atomic mass is 15.0. The lowest BCUT2D eigenvalue weighted by atomic mass is 9.95. The van der Waals surface area contributed by atoms with Crippen LogP contribution >= 0.6 is 0 Å². The molecule has 0 amide bonds. The van der Waals surface area contributed by atoms with E-state index in [4.69, 9.17) is 0 Å². The topological polar surface area (TPSA) is 29.9 Å². The Hall–Kier alpha value is -1.61. The number of rotatable bonds is 6. The van der Waals surface area contributed by atoms with Gasteiger partial charge in [-0.05, 0) is 31.0 Å². The van der Waals surface area contributed by atoms with Crippen molar-refractivity contribution in [3.8, 4) is 0 Å². The lowest BCUT2D eigenvalue weighted by molar-refractivity contribution is 0.532. The average Bonchev–Trinajstić information content (AvgIpc) is 2.85. The normalized spacial score (nSPS) is 12.6. The first-order valence-electron chi connectivity index (χ1n) is 6.97. The van der Waals surface area contributed by atoms with Gasteiger partial charge in [0.2, 0.25) is 0 Å². The van der Waals surface area contributed by atoms with Gasteiger partial charge in [-0.1, -0.05) is 31.2 Å². The molecule has 2 aromatic rings. The van der Waals surface area contributed by atoms with Gasteiger partial charge in [0, 0.05) is 31.9 Å². The molecule has 1 aromatic carbocycles. The van der Waals surface area contributed by atoms with Crippen molar-refractivity contribution in [3.05, 3.63) is 53.6 Å². The Morgan fingerprint density at radius 1 is 1.32 bits per heavy atom. The molecular weight excluding hydrogens is 234 g/mol. The van der Waals surface area contributed by atoms with Gasteiger partial charge in [0.1, 0.15) is 5.82 Å². The number of aryl methyl sites for hydroxylation is 3. The van der Waals surface area contributed by atoms with Gasteiger partial charge >= 0.3 is 0 Å². The third-order valence-corrected chi connectivity index (χ3v) is 3.74. The molecule has 0 fully saturated rings. The van der Waals surface area contributed by atoms with Gasteiger partial charge in [0.15, 0.2) is 0 Å². The van der Waals surface area contributed by atoms with Crippen molar-refractivity contribution in [3.63, 3.8) is 0 Å². The van der Waals surface area contributed by atoms with E-state index in [0.29, 0.717) is 6.04 Å². The van der Waals surface area contributed by atoms with E-state index in [1.807, 2.05) is 19.4 Å². The molecule has 0 saturated heterocycles. The van der Waals surface area contributed by atoms with Gasteiger partial charge in [-0.2, -0.15) is 0 Å². The number of nitrogens with zero attached hydrogens (tertiary/aromatic N) is 2. The van der Waals surface area contributed by atoms with Crippen molar-refractivity contribution in [2.24, 2.45) is 7.05 Å². The minimum Gasteiger partial charge on any atom is -0.338 e. The fourth-order valence-electron chi connectivity index (χ4n) is 2.56. The van der Waals surface area contributed by atoms with Crippen LogP contribution in [0.4, 0.5) is 0 Å². The summed E-state index contributed by atoms with van der Waals surface area (Å²) in [7, 11) is 4.09. The molecule has 1 aromatic heterocycles. The number of benzene rings is 1. The molecule has 2 rings (SSSR count). The summed E-state index contributed by atoms with van der Waals surface area (Å²) in [5.41, 5.74) is 2.85. The van der Waals surface area contributed by atoms with Crippen LogP contribution in [-0.4, -0.2) is 16.6 Å². The van der Waals surface area contributed by atoms with Crippen molar-refractivity contribution in [2.45, 2.75) is 32.2 Å². The summed E-state index contributed by atoms with van der Waals surface area (Å²) < 4.78 is 2.10. The molecule has 3 heteroatoms. The van der Waals surface area contributed by atoms with E-state index < -0.39 is 0 Å². The Balaban J connectivity index is 2.10. The van der Waals surface area contributed by atoms with Crippen LogP contribution in [0, 0.1) is 0 Å². The summed E-state index contributed by atoms with van der Waals surface area (Å²) in [6, 6.07) is 9.10. The molecular formula is C16H23N3. The fraction of sp³-hybridized carbons (Fsp3) is 0.438. The largest absolute Gasteiger partial charge is 0.338 e. The van der Waals surface area contributed by atoms with E-state index in [1.165, 1.54) is 11.1 Å². The van der Waals surface area contributed by atoms with E-state index in [1.54, 1.807) is 0 Å². The molecule has 0 radical (unpaired) electrons. The maximum absolute atomic E-state index is 4.39. The third kappa shape index (κ3) is 3.24. The van der Waals surface area contributed by atoms with E-state index in [0.717, 1.165) is 25.1 Å². The second kappa shape index (κ2) is 6.53. The minimum atomic E-state index is 0.396. The van der Waals surface area contributed by atoms with Crippen LogP contribution in [-0.2, 0) is 19.9 Å². The number of hydrogen-bond acceptors (Lipinski definition) is 2. The van der Waals surface area contributed by atoms with E-state index >= 15 is 0 Å². The van der Waals surface area contributed by atoms with E-state index in [-0.39, 0.29) is 0 Å². The number of aromatic nitrogens is 2. The van der Waals surface area contributed by atoms with Crippen LogP contribution < -0.4 is 5.32 Å². The highest BCUT2D eigenvalue weighted by Crippen LogP contribution is 2.22. The summed E-state index contributed by atoms with van der Waals surface area (Å²) in [5, 5.41) is 3.44. The first-order chi connectivity index (χ1) is 9.26. The Bertz CT molecular complexity index is 516. The predicted molar refractivity (Wildman–Crippen MR) is 79.1 cm³/mol. The molecule has 0 saturated carbocycles. The Labute approximate surface area is 115 Å².